The van der Waals surface area contributed by atoms with E-state index >= 15 is 0 Å². The fourth-order valence-corrected chi connectivity index (χ4v) is 2.57. The molecule has 0 unspecified atom stereocenters. The number of anilines is 1. The van der Waals surface area contributed by atoms with Gasteiger partial charge in [0.15, 0.2) is 0 Å². The van der Waals surface area contributed by atoms with E-state index < -0.39 is 0 Å². The van der Waals surface area contributed by atoms with Crippen LogP contribution in [0.25, 0.3) is 10.8 Å². The first-order valence-electron chi connectivity index (χ1n) is 6.24. The van der Waals surface area contributed by atoms with E-state index in [0.29, 0.717) is 5.02 Å². The van der Waals surface area contributed by atoms with Crippen molar-refractivity contribution in [3.05, 3.63) is 69.9 Å². The molecule has 0 saturated carbocycles. The topological polar surface area (TPSA) is 24.9 Å². The zero-order chi connectivity index (χ0) is 13.9. The van der Waals surface area contributed by atoms with Crippen LogP contribution in [0.2, 0.25) is 5.02 Å². The van der Waals surface area contributed by atoms with E-state index in [0.717, 1.165) is 22.1 Å². The Morgan fingerprint density at radius 3 is 2.90 bits per heavy atom. The Hall–Kier alpha value is -1.58. The van der Waals surface area contributed by atoms with Crippen LogP contribution < -0.4 is 5.32 Å². The molecule has 3 aromatic rings. The van der Waals surface area contributed by atoms with Gasteiger partial charge in [0.25, 0.3) is 0 Å². The van der Waals surface area contributed by atoms with Crippen LogP contribution >= 0.6 is 27.5 Å². The average Bonchev–Trinajstić information content (AvgIpc) is 2.48. The smallest absolute Gasteiger partial charge is 0.0568 e. The minimum Gasteiger partial charge on any atom is -0.381 e. The van der Waals surface area contributed by atoms with Crippen LogP contribution in [0.5, 0.6) is 0 Å². The highest BCUT2D eigenvalue weighted by Crippen LogP contribution is 2.26. The van der Waals surface area contributed by atoms with Crippen molar-refractivity contribution in [3.8, 4) is 0 Å². The zero-order valence-corrected chi connectivity index (χ0v) is 12.9. The Labute approximate surface area is 130 Å². The van der Waals surface area contributed by atoms with E-state index in [1.165, 1.54) is 10.9 Å². The summed E-state index contributed by atoms with van der Waals surface area (Å²) in [5.74, 6) is 0. The minimum absolute atomic E-state index is 0.706. The number of halogens is 2. The van der Waals surface area contributed by atoms with E-state index in [1.807, 2.05) is 36.7 Å². The first kappa shape index (κ1) is 13.4. The van der Waals surface area contributed by atoms with Crippen LogP contribution in [-0.2, 0) is 6.54 Å². The van der Waals surface area contributed by atoms with Crippen LogP contribution in [0.1, 0.15) is 5.56 Å². The number of hydrogen-bond donors (Lipinski definition) is 1. The Kier molecular flexibility index (Phi) is 3.90. The van der Waals surface area contributed by atoms with Gasteiger partial charge < -0.3 is 5.32 Å². The summed E-state index contributed by atoms with van der Waals surface area (Å²) in [5.41, 5.74) is 2.24. The fourth-order valence-electron chi connectivity index (χ4n) is 2.15. The third kappa shape index (κ3) is 2.79. The second-order valence-corrected chi connectivity index (χ2v) is 5.76. The molecule has 1 aromatic heterocycles. The van der Waals surface area contributed by atoms with Crippen molar-refractivity contribution < 1.29 is 0 Å². The van der Waals surface area contributed by atoms with Crippen molar-refractivity contribution in [2.45, 2.75) is 6.54 Å². The highest BCUT2D eigenvalue weighted by atomic mass is 79.9. The van der Waals surface area contributed by atoms with Gasteiger partial charge in [-0.3, -0.25) is 4.98 Å². The van der Waals surface area contributed by atoms with Gasteiger partial charge in [0.1, 0.15) is 0 Å². The lowest BCUT2D eigenvalue weighted by Crippen LogP contribution is -2.00. The molecule has 4 heteroatoms. The lowest BCUT2D eigenvalue weighted by molar-refractivity contribution is 1.16. The van der Waals surface area contributed by atoms with Gasteiger partial charge >= 0.3 is 0 Å². The normalized spacial score (nSPS) is 10.7. The molecular formula is C16H12BrClN2. The van der Waals surface area contributed by atoms with Gasteiger partial charge in [0.05, 0.1) is 5.02 Å². The van der Waals surface area contributed by atoms with E-state index in [1.54, 1.807) is 0 Å². The van der Waals surface area contributed by atoms with Crippen molar-refractivity contribution in [2.24, 2.45) is 0 Å². The SMILES string of the molecule is Clc1cc(NCc2cccc3cnccc23)ccc1Br. The van der Waals surface area contributed by atoms with Crippen molar-refractivity contribution >= 4 is 44.0 Å². The number of benzene rings is 2. The molecule has 0 aliphatic rings. The maximum absolute atomic E-state index is 6.10. The summed E-state index contributed by atoms with van der Waals surface area (Å²) < 4.78 is 0.904. The lowest BCUT2D eigenvalue weighted by Gasteiger charge is -2.10. The maximum atomic E-state index is 6.10. The Morgan fingerprint density at radius 2 is 2.05 bits per heavy atom. The molecular weight excluding hydrogens is 336 g/mol. The van der Waals surface area contributed by atoms with Crippen molar-refractivity contribution in [2.75, 3.05) is 5.32 Å². The largest absolute Gasteiger partial charge is 0.381 e. The third-order valence-corrected chi connectivity index (χ3v) is 4.41. The standard InChI is InChI=1S/C16H12BrClN2/c17-15-5-4-13(8-16(15)18)20-10-12-3-1-2-11-9-19-7-6-14(11)12/h1-9,20H,10H2. The number of hydrogen-bond acceptors (Lipinski definition) is 2. The maximum Gasteiger partial charge on any atom is 0.0568 e. The molecule has 0 saturated heterocycles. The van der Waals surface area contributed by atoms with Crippen molar-refractivity contribution in [1.29, 1.82) is 0 Å². The van der Waals surface area contributed by atoms with Gasteiger partial charge in [0.2, 0.25) is 0 Å². The molecule has 1 heterocycles. The van der Waals surface area contributed by atoms with Gasteiger partial charge in [-0.1, -0.05) is 29.8 Å². The van der Waals surface area contributed by atoms with Crippen LogP contribution in [0.15, 0.2) is 59.3 Å². The van der Waals surface area contributed by atoms with Crippen LogP contribution in [-0.4, -0.2) is 4.98 Å². The number of fused-ring (bicyclic) bond motifs is 1. The molecule has 0 atom stereocenters. The van der Waals surface area contributed by atoms with Gasteiger partial charge in [-0.25, -0.2) is 0 Å². The predicted molar refractivity (Wildman–Crippen MR) is 88.2 cm³/mol. The second kappa shape index (κ2) is 5.81. The zero-order valence-electron chi connectivity index (χ0n) is 10.6. The molecule has 0 aliphatic heterocycles. The molecule has 0 amide bonds. The molecule has 100 valence electrons. The van der Waals surface area contributed by atoms with Crippen LogP contribution in [0, 0.1) is 0 Å². The predicted octanol–water partition coefficient (Wildman–Crippen LogP) is 5.26. The molecule has 0 radical (unpaired) electrons. The van der Waals surface area contributed by atoms with Crippen molar-refractivity contribution in [1.82, 2.24) is 4.98 Å². The molecule has 2 nitrogen and oxygen atoms in total. The van der Waals surface area contributed by atoms with E-state index in [4.69, 9.17) is 11.6 Å². The molecule has 0 fully saturated rings. The van der Waals surface area contributed by atoms with E-state index in [-0.39, 0.29) is 0 Å². The van der Waals surface area contributed by atoms with Gasteiger partial charge in [-0.15, -0.1) is 0 Å². The average molecular weight is 348 g/mol. The summed E-state index contributed by atoms with van der Waals surface area (Å²) in [5, 5.41) is 6.48. The summed E-state index contributed by atoms with van der Waals surface area (Å²) >= 11 is 9.49. The Bertz CT molecular complexity index is 753. The Balaban J connectivity index is 1.85. The molecule has 0 aliphatic carbocycles. The van der Waals surface area contributed by atoms with Gasteiger partial charge in [-0.05, 0) is 51.1 Å². The number of nitrogens with zero attached hydrogens (tertiary/aromatic N) is 1. The molecule has 0 bridgehead atoms. The van der Waals surface area contributed by atoms with Gasteiger partial charge in [-0.2, -0.15) is 0 Å². The second-order valence-electron chi connectivity index (χ2n) is 4.50. The molecule has 1 N–H and O–H groups in total. The molecule has 20 heavy (non-hydrogen) atoms. The summed E-state index contributed by atoms with van der Waals surface area (Å²) in [6.07, 6.45) is 3.71. The monoisotopic (exact) mass is 346 g/mol. The number of nitrogens with one attached hydrogen (secondary N) is 1. The number of pyridine rings is 1. The lowest BCUT2D eigenvalue weighted by atomic mass is 10.1. The van der Waals surface area contributed by atoms with Crippen LogP contribution in [0.4, 0.5) is 5.69 Å². The summed E-state index contributed by atoms with van der Waals surface area (Å²) in [7, 11) is 0. The number of rotatable bonds is 3. The Morgan fingerprint density at radius 1 is 1.15 bits per heavy atom. The minimum atomic E-state index is 0.706. The van der Waals surface area contributed by atoms with E-state index in [2.05, 4.69) is 44.4 Å². The van der Waals surface area contributed by atoms with Crippen molar-refractivity contribution in [3.63, 3.8) is 0 Å². The first-order valence-corrected chi connectivity index (χ1v) is 7.42. The highest BCUT2D eigenvalue weighted by Gasteiger charge is 2.02. The summed E-state index contributed by atoms with van der Waals surface area (Å²) in [6, 6.07) is 14.1. The third-order valence-electron chi connectivity index (χ3n) is 3.17. The quantitative estimate of drug-likeness (QED) is 0.699. The fraction of sp³-hybridized carbons (Fsp3) is 0.0625. The van der Waals surface area contributed by atoms with Gasteiger partial charge in [0, 0.05) is 34.5 Å². The molecule has 0 spiro atoms. The highest BCUT2D eigenvalue weighted by molar-refractivity contribution is 9.10. The summed E-state index contributed by atoms with van der Waals surface area (Å²) in [4.78, 5) is 4.15. The number of aromatic nitrogens is 1. The summed E-state index contributed by atoms with van der Waals surface area (Å²) in [6.45, 7) is 0.749. The van der Waals surface area contributed by atoms with E-state index in [9.17, 15) is 0 Å². The molecule has 2 aromatic carbocycles. The molecule has 3 rings (SSSR count). The first-order chi connectivity index (χ1) is 9.74. The van der Waals surface area contributed by atoms with Crippen LogP contribution in [0.3, 0.4) is 0 Å².